The number of hydrogen-bond acceptors (Lipinski definition) is 7. The number of ether oxygens (including phenoxy) is 4. The van der Waals surface area contributed by atoms with E-state index in [0.29, 0.717) is 29.3 Å². The predicted molar refractivity (Wildman–Crippen MR) is 146 cm³/mol. The molecular weight excluding hydrogens is 496 g/mol. The second-order valence-corrected chi connectivity index (χ2v) is 9.07. The maximum absolute atomic E-state index is 13.1. The van der Waals surface area contributed by atoms with Crippen molar-refractivity contribution in [1.29, 1.82) is 0 Å². The van der Waals surface area contributed by atoms with Crippen LogP contribution < -0.4 is 15.4 Å². The van der Waals surface area contributed by atoms with Crippen LogP contribution in [0.25, 0.3) is 0 Å². The summed E-state index contributed by atoms with van der Waals surface area (Å²) in [4.78, 5) is 25.3. The topological polar surface area (TPSA) is 95.1 Å². The quantitative estimate of drug-likeness (QED) is 0.315. The standard InChI is InChI=1S/C31H32N2O6/c1-20(24-15-9-6-10-16-24)33-30(34)38-28-21(2)32-22(3)29(39-31(35)36-4)27(28)25-17-11-12-18-26(25)37-19-23-13-7-5-8-14-23/h5-18,20,27,32H,19H2,1-4H3,(H,33,34)/t20-,27?/m0/s1. The number of nitrogens with one attached hydrogen (secondary N) is 2. The number of benzene rings is 3. The molecule has 3 aromatic carbocycles. The summed E-state index contributed by atoms with van der Waals surface area (Å²) in [6.07, 6.45) is -1.54. The van der Waals surface area contributed by atoms with Gasteiger partial charge >= 0.3 is 12.2 Å². The molecule has 8 heteroatoms. The normalized spacial score (nSPS) is 15.6. The molecule has 2 atom stereocenters. The van der Waals surface area contributed by atoms with E-state index in [1.807, 2.05) is 91.9 Å². The number of rotatable bonds is 8. The molecule has 0 saturated carbocycles. The van der Waals surface area contributed by atoms with Crippen LogP contribution in [0.1, 0.15) is 49.4 Å². The zero-order valence-electron chi connectivity index (χ0n) is 22.4. The first-order valence-electron chi connectivity index (χ1n) is 12.6. The molecular formula is C31H32N2O6. The molecule has 2 N–H and O–H groups in total. The van der Waals surface area contributed by atoms with Crippen LogP contribution in [0.4, 0.5) is 9.59 Å². The van der Waals surface area contributed by atoms with Crippen molar-refractivity contribution in [3.05, 3.63) is 125 Å². The highest BCUT2D eigenvalue weighted by atomic mass is 16.7. The lowest BCUT2D eigenvalue weighted by Crippen LogP contribution is -2.33. The molecule has 0 aliphatic carbocycles. The number of carbonyl (C=O) groups excluding carboxylic acids is 2. The Morgan fingerprint density at radius 2 is 1.44 bits per heavy atom. The van der Waals surface area contributed by atoms with Gasteiger partial charge in [0.15, 0.2) is 0 Å². The molecule has 1 unspecified atom stereocenters. The Balaban J connectivity index is 1.67. The molecule has 39 heavy (non-hydrogen) atoms. The maximum Gasteiger partial charge on any atom is 0.513 e. The molecule has 0 spiro atoms. The number of alkyl carbamates (subject to hydrolysis) is 1. The number of allylic oxidation sites excluding steroid dienone is 2. The highest BCUT2D eigenvalue weighted by Crippen LogP contribution is 2.43. The summed E-state index contributed by atoms with van der Waals surface area (Å²) in [5.41, 5.74) is 3.75. The SMILES string of the molecule is COC(=O)OC1=C(C)NC(C)=C(OC(=O)N[C@@H](C)c2ccccc2)C1c1ccccc1OCc1ccccc1. The highest BCUT2D eigenvalue weighted by molar-refractivity contribution is 5.70. The summed E-state index contributed by atoms with van der Waals surface area (Å²) in [5.74, 6) is 0.296. The van der Waals surface area contributed by atoms with E-state index in [9.17, 15) is 9.59 Å². The minimum atomic E-state index is -0.889. The first kappa shape index (κ1) is 27.3. The van der Waals surface area contributed by atoms with Gasteiger partial charge in [0, 0.05) is 5.56 Å². The third-order valence-corrected chi connectivity index (χ3v) is 6.30. The molecule has 0 radical (unpaired) electrons. The smallest absolute Gasteiger partial charge is 0.489 e. The number of amides is 1. The summed E-state index contributed by atoms with van der Waals surface area (Å²) in [6.45, 7) is 5.77. The third-order valence-electron chi connectivity index (χ3n) is 6.30. The average molecular weight is 529 g/mol. The number of dihydropyridines is 1. The van der Waals surface area contributed by atoms with Crippen molar-refractivity contribution >= 4 is 12.2 Å². The van der Waals surface area contributed by atoms with Gasteiger partial charge in [-0.1, -0.05) is 78.9 Å². The van der Waals surface area contributed by atoms with Gasteiger partial charge in [-0.2, -0.15) is 0 Å². The Labute approximate surface area is 228 Å². The first-order valence-corrected chi connectivity index (χ1v) is 12.6. The first-order chi connectivity index (χ1) is 18.9. The largest absolute Gasteiger partial charge is 0.513 e. The minimum absolute atomic E-state index is 0.238. The molecule has 8 nitrogen and oxygen atoms in total. The lowest BCUT2D eigenvalue weighted by atomic mass is 9.90. The fourth-order valence-corrected chi connectivity index (χ4v) is 4.36. The molecule has 0 fully saturated rings. The Morgan fingerprint density at radius 1 is 0.846 bits per heavy atom. The fourth-order valence-electron chi connectivity index (χ4n) is 4.36. The minimum Gasteiger partial charge on any atom is -0.489 e. The molecule has 0 saturated heterocycles. The van der Waals surface area contributed by atoms with Gasteiger partial charge in [0.25, 0.3) is 0 Å². The number of carbonyl (C=O) groups is 2. The van der Waals surface area contributed by atoms with E-state index in [2.05, 4.69) is 10.6 Å². The molecule has 1 aliphatic heterocycles. The van der Waals surface area contributed by atoms with Gasteiger partial charge in [-0.05, 0) is 38.0 Å². The van der Waals surface area contributed by atoms with Gasteiger partial charge in [-0.15, -0.1) is 0 Å². The molecule has 3 aromatic rings. The van der Waals surface area contributed by atoms with E-state index in [-0.39, 0.29) is 17.6 Å². The van der Waals surface area contributed by atoms with Crippen molar-refractivity contribution < 1.29 is 28.5 Å². The van der Waals surface area contributed by atoms with E-state index in [0.717, 1.165) is 11.1 Å². The lowest BCUT2D eigenvalue weighted by molar-refractivity contribution is 0.0885. The van der Waals surface area contributed by atoms with Crippen LogP contribution in [-0.4, -0.2) is 19.4 Å². The van der Waals surface area contributed by atoms with E-state index in [1.54, 1.807) is 13.8 Å². The van der Waals surface area contributed by atoms with Gasteiger partial charge in [-0.3, -0.25) is 0 Å². The second-order valence-electron chi connectivity index (χ2n) is 9.07. The predicted octanol–water partition coefficient (Wildman–Crippen LogP) is 6.69. The van der Waals surface area contributed by atoms with Crippen molar-refractivity contribution in [2.75, 3.05) is 7.11 Å². The van der Waals surface area contributed by atoms with Crippen molar-refractivity contribution in [3.63, 3.8) is 0 Å². The van der Waals surface area contributed by atoms with Crippen molar-refractivity contribution in [2.24, 2.45) is 0 Å². The average Bonchev–Trinajstić information content (AvgIpc) is 2.95. The maximum atomic E-state index is 13.1. The van der Waals surface area contributed by atoms with Crippen LogP contribution in [0.3, 0.4) is 0 Å². The Kier molecular flexibility index (Phi) is 8.89. The molecule has 4 rings (SSSR count). The summed E-state index contributed by atoms with van der Waals surface area (Å²) in [7, 11) is 1.23. The summed E-state index contributed by atoms with van der Waals surface area (Å²) >= 11 is 0. The zero-order valence-corrected chi connectivity index (χ0v) is 22.4. The van der Waals surface area contributed by atoms with E-state index >= 15 is 0 Å². The molecule has 1 aliphatic rings. The molecule has 202 valence electrons. The Bertz CT molecular complexity index is 1370. The van der Waals surface area contributed by atoms with Crippen LogP contribution in [0.15, 0.2) is 108 Å². The van der Waals surface area contributed by atoms with Crippen LogP contribution in [0, 0.1) is 0 Å². The van der Waals surface area contributed by atoms with E-state index in [4.69, 9.17) is 18.9 Å². The summed E-state index contributed by atoms with van der Waals surface area (Å²) in [5, 5.41) is 6.03. The molecule has 1 amide bonds. The highest BCUT2D eigenvalue weighted by Gasteiger charge is 2.37. The van der Waals surface area contributed by atoms with Gasteiger partial charge in [0.05, 0.1) is 24.5 Å². The van der Waals surface area contributed by atoms with Gasteiger partial charge in [0.2, 0.25) is 0 Å². The fraction of sp³-hybridized carbons (Fsp3) is 0.226. The molecule has 0 bridgehead atoms. The molecule has 1 heterocycles. The summed E-state index contributed by atoms with van der Waals surface area (Å²) < 4.78 is 22.5. The van der Waals surface area contributed by atoms with Gasteiger partial charge in [-0.25, -0.2) is 9.59 Å². The van der Waals surface area contributed by atoms with E-state index < -0.39 is 18.2 Å². The number of hydrogen-bond donors (Lipinski definition) is 2. The van der Waals surface area contributed by atoms with Crippen LogP contribution in [0.2, 0.25) is 0 Å². The van der Waals surface area contributed by atoms with Crippen LogP contribution in [-0.2, 0) is 20.8 Å². The second kappa shape index (κ2) is 12.7. The zero-order chi connectivity index (χ0) is 27.8. The lowest BCUT2D eigenvalue weighted by Gasteiger charge is -2.31. The number of para-hydroxylation sites is 1. The van der Waals surface area contributed by atoms with Gasteiger partial charge < -0.3 is 29.6 Å². The van der Waals surface area contributed by atoms with Crippen LogP contribution >= 0.6 is 0 Å². The molecule has 0 aromatic heterocycles. The Hall–Kier alpha value is -4.72. The van der Waals surface area contributed by atoms with Crippen molar-refractivity contribution in [3.8, 4) is 5.75 Å². The van der Waals surface area contributed by atoms with Gasteiger partial charge in [0.1, 0.15) is 29.8 Å². The third kappa shape index (κ3) is 6.78. The number of methoxy groups -OCH3 is 1. The van der Waals surface area contributed by atoms with Crippen molar-refractivity contribution in [2.45, 2.75) is 39.3 Å². The Morgan fingerprint density at radius 3 is 2.10 bits per heavy atom. The monoisotopic (exact) mass is 528 g/mol. The summed E-state index contributed by atoms with van der Waals surface area (Å²) in [6, 6.07) is 26.4. The van der Waals surface area contributed by atoms with Crippen molar-refractivity contribution in [1.82, 2.24) is 10.6 Å². The van der Waals surface area contributed by atoms with E-state index in [1.165, 1.54) is 7.11 Å². The van der Waals surface area contributed by atoms with Crippen LogP contribution in [0.5, 0.6) is 5.75 Å².